The number of nitrogens with zero attached hydrogens (tertiary/aromatic N) is 4. The summed E-state index contributed by atoms with van der Waals surface area (Å²) in [5, 5.41) is 8.12. The standard InChI is InChI=1S/C17H22N4O2S/c1-2-14-24(22,23)17-9-8-16(18-19-17)21-12-10-20(11-13-21)15-6-4-3-5-7-15/h3-9H,2,10-14H2,1H3. The quantitative estimate of drug-likeness (QED) is 0.825. The van der Waals surface area contributed by atoms with E-state index in [9.17, 15) is 8.42 Å². The van der Waals surface area contributed by atoms with Crippen molar-refractivity contribution >= 4 is 21.3 Å². The molecule has 1 aromatic heterocycles. The van der Waals surface area contributed by atoms with Crippen LogP contribution in [0, 0.1) is 0 Å². The molecule has 1 aromatic carbocycles. The fraction of sp³-hybridized carbons (Fsp3) is 0.412. The number of hydrogen-bond donors (Lipinski definition) is 0. The zero-order chi connectivity index (χ0) is 17.0. The molecule has 24 heavy (non-hydrogen) atoms. The minimum Gasteiger partial charge on any atom is -0.368 e. The summed E-state index contributed by atoms with van der Waals surface area (Å²) in [6, 6.07) is 13.7. The first-order chi connectivity index (χ1) is 11.6. The zero-order valence-corrected chi connectivity index (χ0v) is 14.6. The van der Waals surface area contributed by atoms with E-state index in [2.05, 4.69) is 32.1 Å². The van der Waals surface area contributed by atoms with E-state index in [1.54, 1.807) is 12.1 Å². The van der Waals surface area contributed by atoms with Crippen molar-refractivity contribution < 1.29 is 8.42 Å². The smallest absolute Gasteiger partial charge is 0.197 e. The van der Waals surface area contributed by atoms with E-state index < -0.39 is 9.84 Å². The Balaban J connectivity index is 1.65. The van der Waals surface area contributed by atoms with Crippen molar-refractivity contribution in [2.75, 3.05) is 41.7 Å². The van der Waals surface area contributed by atoms with Crippen LogP contribution in [-0.4, -0.2) is 50.5 Å². The molecule has 1 saturated heterocycles. The van der Waals surface area contributed by atoms with Crippen molar-refractivity contribution in [2.24, 2.45) is 0 Å². The molecule has 0 spiro atoms. The molecule has 1 aliphatic rings. The van der Waals surface area contributed by atoms with Gasteiger partial charge in [-0.15, -0.1) is 10.2 Å². The van der Waals surface area contributed by atoms with Crippen LogP contribution in [-0.2, 0) is 9.84 Å². The molecule has 3 rings (SSSR count). The number of para-hydroxylation sites is 1. The Morgan fingerprint density at radius 3 is 2.17 bits per heavy atom. The molecule has 7 heteroatoms. The maximum absolute atomic E-state index is 12.0. The molecule has 128 valence electrons. The molecule has 0 bridgehead atoms. The van der Waals surface area contributed by atoms with Crippen LogP contribution in [0.5, 0.6) is 0 Å². The van der Waals surface area contributed by atoms with E-state index >= 15 is 0 Å². The van der Waals surface area contributed by atoms with Gasteiger partial charge in [-0.2, -0.15) is 0 Å². The third-order valence-corrected chi connectivity index (χ3v) is 5.94. The van der Waals surface area contributed by atoms with Crippen molar-refractivity contribution in [1.29, 1.82) is 0 Å². The molecule has 0 unspecified atom stereocenters. The summed E-state index contributed by atoms with van der Waals surface area (Å²) in [5.74, 6) is 0.842. The second-order valence-corrected chi connectivity index (χ2v) is 7.91. The first-order valence-corrected chi connectivity index (χ1v) is 9.87. The van der Waals surface area contributed by atoms with Crippen LogP contribution in [0.1, 0.15) is 13.3 Å². The monoisotopic (exact) mass is 346 g/mol. The van der Waals surface area contributed by atoms with Gasteiger partial charge in [0.1, 0.15) is 0 Å². The molecular weight excluding hydrogens is 324 g/mol. The topological polar surface area (TPSA) is 66.4 Å². The van der Waals surface area contributed by atoms with E-state index in [0.29, 0.717) is 6.42 Å². The number of benzene rings is 1. The van der Waals surface area contributed by atoms with E-state index in [-0.39, 0.29) is 10.8 Å². The van der Waals surface area contributed by atoms with Gasteiger partial charge in [0, 0.05) is 31.9 Å². The molecule has 0 amide bonds. The molecule has 1 fully saturated rings. The molecule has 2 heterocycles. The molecule has 0 aliphatic carbocycles. The average Bonchev–Trinajstić information content (AvgIpc) is 2.63. The molecule has 0 N–H and O–H groups in total. The van der Waals surface area contributed by atoms with Gasteiger partial charge in [-0.1, -0.05) is 25.1 Å². The minimum absolute atomic E-state index is 0.0658. The lowest BCUT2D eigenvalue weighted by Crippen LogP contribution is -2.46. The first kappa shape index (κ1) is 16.7. The van der Waals surface area contributed by atoms with Gasteiger partial charge in [0.2, 0.25) is 0 Å². The van der Waals surface area contributed by atoms with Crippen LogP contribution in [0.3, 0.4) is 0 Å². The minimum atomic E-state index is -3.30. The maximum Gasteiger partial charge on any atom is 0.197 e. The summed E-state index contributed by atoms with van der Waals surface area (Å²) in [7, 11) is -3.30. The van der Waals surface area contributed by atoms with Crippen LogP contribution in [0.4, 0.5) is 11.5 Å². The second-order valence-electron chi connectivity index (χ2n) is 5.86. The number of sulfone groups is 1. The van der Waals surface area contributed by atoms with E-state index in [4.69, 9.17) is 0 Å². The Bertz CT molecular complexity index is 755. The predicted molar refractivity (Wildman–Crippen MR) is 95.2 cm³/mol. The predicted octanol–water partition coefficient (Wildman–Crippen LogP) is 1.99. The van der Waals surface area contributed by atoms with Crippen molar-refractivity contribution in [1.82, 2.24) is 10.2 Å². The molecule has 6 nitrogen and oxygen atoms in total. The fourth-order valence-corrected chi connectivity index (χ4v) is 4.04. The van der Waals surface area contributed by atoms with Crippen LogP contribution in [0.2, 0.25) is 0 Å². The Kier molecular flexibility index (Phi) is 4.99. The number of piperazine rings is 1. The number of anilines is 2. The Hall–Kier alpha value is -2.15. The lowest BCUT2D eigenvalue weighted by Gasteiger charge is -2.36. The Morgan fingerprint density at radius 2 is 1.58 bits per heavy atom. The van der Waals surface area contributed by atoms with Gasteiger partial charge >= 0.3 is 0 Å². The molecule has 1 aliphatic heterocycles. The van der Waals surface area contributed by atoms with Gasteiger partial charge in [-0.25, -0.2) is 8.42 Å². The highest BCUT2D eigenvalue weighted by molar-refractivity contribution is 7.91. The first-order valence-electron chi connectivity index (χ1n) is 8.21. The van der Waals surface area contributed by atoms with Crippen molar-refractivity contribution in [3.63, 3.8) is 0 Å². The van der Waals surface area contributed by atoms with Gasteiger partial charge in [-0.3, -0.25) is 0 Å². The highest BCUT2D eigenvalue weighted by Crippen LogP contribution is 2.19. The maximum atomic E-state index is 12.0. The van der Waals surface area contributed by atoms with E-state index in [0.717, 1.165) is 32.0 Å². The lowest BCUT2D eigenvalue weighted by atomic mass is 10.2. The number of rotatable bonds is 5. The van der Waals surface area contributed by atoms with Gasteiger partial charge in [0.15, 0.2) is 20.7 Å². The van der Waals surface area contributed by atoms with Crippen LogP contribution >= 0.6 is 0 Å². The summed E-state index contributed by atoms with van der Waals surface area (Å²) in [6.45, 7) is 5.32. The van der Waals surface area contributed by atoms with Crippen molar-refractivity contribution in [2.45, 2.75) is 18.4 Å². The second kappa shape index (κ2) is 7.17. The summed E-state index contributed by atoms with van der Waals surface area (Å²) in [4.78, 5) is 4.48. The largest absolute Gasteiger partial charge is 0.368 e. The SMILES string of the molecule is CCCS(=O)(=O)c1ccc(N2CCN(c3ccccc3)CC2)nn1. The molecule has 0 radical (unpaired) electrons. The van der Waals surface area contributed by atoms with Gasteiger partial charge < -0.3 is 9.80 Å². The number of aromatic nitrogens is 2. The normalized spacial score (nSPS) is 15.5. The molecule has 0 saturated carbocycles. The summed E-state index contributed by atoms with van der Waals surface area (Å²) < 4.78 is 24.0. The van der Waals surface area contributed by atoms with Crippen molar-refractivity contribution in [3.8, 4) is 0 Å². The third kappa shape index (κ3) is 3.67. The van der Waals surface area contributed by atoms with E-state index in [1.165, 1.54) is 5.69 Å². The summed E-state index contributed by atoms with van der Waals surface area (Å²) in [6.07, 6.45) is 0.577. The summed E-state index contributed by atoms with van der Waals surface area (Å²) >= 11 is 0. The van der Waals surface area contributed by atoms with Gasteiger partial charge in [0.05, 0.1) is 5.75 Å². The van der Waals surface area contributed by atoms with Gasteiger partial charge in [-0.05, 0) is 30.7 Å². The Morgan fingerprint density at radius 1 is 0.917 bits per heavy atom. The van der Waals surface area contributed by atoms with E-state index in [1.807, 2.05) is 25.1 Å². The fourth-order valence-electron chi connectivity index (χ4n) is 2.85. The number of hydrogen-bond acceptors (Lipinski definition) is 6. The summed E-state index contributed by atoms with van der Waals surface area (Å²) in [5.41, 5.74) is 1.23. The average molecular weight is 346 g/mol. The highest BCUT2D eigenvalue weighted by atomic mass is 32.2. The van der Waals surface area contributed by atoms with Crippen molar-refractivity contribution in [3.05, 3.63) is 42.5 Å². The van der Waals surface area contributed by atoms with Gasteiger partial charge in [0.25, 0.3) is 0 Å². The molecule has 0 atom stereocenters. The van der Waals surface area contributed by atoms with Crippen LogP contribution in [0.15, 0.2) is 47.5 Å². The molecular formula is C17H22N4O2S. The lowest BCUT2D eigenvalue weighted by molar-refractivity contribution is 0.587. The highest BCUT2D eigenvalue weighted by Gasteiger charge is 2.20. The zero-order valence-electron chi connectivity index (χ0n) is 13.8. The van der Waals surface area contributed by atoms with Crippen LogP contribution < -0.4 is 9.80 Å². The molecule has 2 aromatic rings. The van der Waals surface area contributed by atoms with Crippen LogP contribution in [0.25, 0.3) is 0 Å². The Labute approximate surface area is 143 Å². The third-order valence-electron chi connectivity index (χ3n) is 4.14.